The number of carbonyl (C=O) groups excluding carboxylic acids is 2. The Balaban J connectivity index is 2.71. The predicted octanol–water partition coefficient (Wildman–Crippen LogP) is 6.70. The van der Waals surface area contributed by atoms with E-state index in [4.69, 9.17) is 14.2 Å². The van der Waals surface area contributed by atoms with Gasteiger partial charge in [0.25, 0.3) is 5.91 Å². The van der Waals surface area contributed by atoms with Crippen molar-refractivity contribution in [1.82, 2.24) is 5.32 Å². The fraction of sp³-hybridized carbons (Fsp3) is 0.857. The lowest BCUT2D eigenvalue weighted by molar-refractivity contribution is -0.302. The largest absolute Gasteiger partial charge is 0.452 e. The van der Waals surface area contributed by atoms with Crippen LogP contribution < -0.4 is 5.32 Å². The minimum Gasteiger partial charge on any atom is -0.452 e. The first-order valence-electron chi connectivity index (χ1n) is 21.1. The highest BCUT2D eigenvalue weighted by atomic mass is 16.7. The molecule has 1 aliphatic rings. The number of nitrogens with one attached hydrogen (secondary N) is 1. The molecule has 0 bridgehead atoms. The molecule has 0 aromatic carbocycles. The molecule has 1 rings (SSSR count). The van der Waals surface area contributed by atoms with Crippen molar-refractivity contribution < 1.29 is 49.3 Å². The summed E-state index contributed by atoms with van der Waals surface area (Å²) in [6.45, 7) is 4.75. The number of allylic oxidation sites excluding steroid dienone is 3. The van der Waals surface area contributed by atoms with Crippen molar-refractivity contribution >= 4 is 11.9 Å². The van der Waals surface area contributed by atoms with E-state index in [-0.39, 0.29) is 6.61 Å². The summed E-state index contributed by atoms with van der Waals surface area (Å²) >= 11 is 0. The Hall–Kier alpha value is -1.86. The second-order valence-corrected chi connectivity index (χ2v) is 14.8. The summed E-state index contributed by atoms with van der Waals surface area (Å²) in [4.78, 5) is 25.4. The lowest BCUT2D eigenvalue weighted by atomic mass is 9.99. The van der Waals surface area contributed by atoms with Gasteiger partial charge in [0.05, 0.1) is 25.4 Å². The summed E-state index contributed by atoms with van der Waals surface area (Å²) in [7, 11) is 0. The topological polar surface area (TPSA) is 175 Å². The van der Waals surface area contributed by atoms with Crippen LogP contribution in [0, 0.1) is 0 Å². The Kier molecular flexibility index (Phi) is 30.0. The van der Waals surface area contributed by atoms with Gasteiger partial charge in [0, 0.05) is 6.92 Å². The molecule has 310 valence electrons. The lowest BCUT2D eigenvalue weighted by Crippen LogP contribution is -2.60. The molecule has 11 nitrogen and oxygen atoms in total. The molecule has 8 unspecified atom stereocenters. The Morgan fingerprint density at radius 3 is 1.75 bits per heavy atom. The molecule has 0 aliphatic carbocycles. The fourth-order valence-electron chi connectivity index (χ4n) is 6.54. The van der Waals surface area contributed by atoms with Crippen LogP contribution in [0.2, 0.25) is 0 Å². The maximum Gasteiger partial charge on any atom is 0.303 e. The maximum atomic E-state index is 13.4. The number of amides is 1. The van der Waals surface area contributed by atoms with E-state index in [1.165, 1.54) is 103 Å². The van der Waals surface area contributed by atoms with Gasteiger partial charge in [0.1, 0.15) is 24.4 Å². The minimum absolute atomic E-state index is 0.334. The summed E-state index contributed by atoms with van der Waals surface area (Å²) in [6, 6.07) is -1.03. The molecule has 11 heteroatoms. The third-order valence-electron chi connectivity index (χ3n) is 9.92. The van der Waals surface area contributed by atoms with Gasteiger partial charge in [0.2, 0.25) is 0 Å². The van der Waals surface area contributed by atoms with Crippen LogP contribution in [-0.4, -0.2) is 99.6 Å². The Morgan fingerprint density at radius 1 is 0.698 bits per heavy atom. The Morgan fingerprint density at radius 2 is 1.21 bits per heavy atom. The average molecular weight is 756 g/mol. The molecule has 0 spiro atoms. The first-order chi connectivity index (χ1) is 25.7. The van der Waals surface area contributed by atoms with E-state index < -0.39 is 67.4 Å². The molecule has 1 aliphatic heterocycles. The summed E-state index contributed by atoms with van der Waals surface area (Å²) in [5.41, 5.74) is 0. The highest BCUT2D eigenvalue weighted by molar-refractivity contribution is 5.83. The molecule has 1 fully saturated rings. The Bertz CT molecular complexity index is 960. The number of hydrogen-bond acceptors (Lipinski definition) is 10. The smallest absolute Gasteiger partial charge is 0.303 e. The molecular weight excluding hydrogens is 678 g/mol. The van der Waals surface area contributed by atoms with Crippen molar-refractivity contribution in [1.29, 1.82) is 0 Å². The normalized spacial score (nSPS) is 22.3. The first kappa shape index (κ1) is 49.2. The zero-order valence-electron chi connectivity index (χ0n) is 33.4. The van der Waals surface area contributed by atoms with E-state index >= 15 is 0 Å². The van der Waals surface area contributed by atoms with Gasteiger partial charge in [-0.15, -0.1) is 0 Å². The minimum atomic E-state index is -1.63. The standard InChI is InChI=1S/C42H77NO10/c1-4-6-8-10-12-14-16-18-19-21-23-25-27-29-35(46)34(32-51-42-40(49)39(48)38(47)37(31-44)53-42)43-41(50)36(52-33(3)45)30-28-26-24-22-20-17-15-13-11-9-7-5-2/h19,21,27,29,34-40,42,44,46-49H,4-18,20,22-26,28,30-32H2,1-3H3,(H,43,50)/b21-19+,29-27+. The fourth-order valence-corrected chi connectivity index (χ4v) is 6.54. The number of carbonyl (C=O) groups is 2. The number of aliphatic hydroxyl groups excluding tert-OH is 5. The second-order valence-electron chi connectivity index (χ2n) is 14.8. The number of unbranched alkanes of at least 4 members (excludes halogenated alkanes) is 19. The van der Waals surface area contributed by atoms with E-state index in [2.05, 4.69) is 31.3 Å². The first-order valence-corrected chi connectivity index (χ1v) is 21.1. The molecule has 0 aromatic rings. The van der Waals surface area contributed by atoms with E-state index in [1.54, 1.807) is 6.08 Å². The van der Waals surface area contributed by atoms with Gasteiger partial charge in [-0.1, -0.05) is 147 Å². The van der Waals surface area contributed by atoms with Crippen LogP contribution >= 0.6 is 0 Å². The molecule has 0 saturated carbocycles. The zero-order chi connectivity index (χ0) is 39.1. The zero-order valence-corrected chi connectivity index (χ0v) is 33.4. The quantitative estimate of drug-likeness (QED) is 0.0240. The molecular formula is C42H77NO10. The summed E-state index contributed by atoms with van der Waals surface area (Å²) in [5, 5.41) is 54.2. The Labute approximate surface area is 321 Å². The number of rotatable bonds is 33. The lowest BCUT2D eigenvalue weighted by Gasteiger charge is -2.40. The maximum absolute atomic E-state index is 13.4. The molecule has 1 saturated heterocycles. The van der Waals surface area contributed by atoms with Crippen molar-refractivity contribution in [2.45, 2.75) is 217 Å². The van der Waals surface area contributed by atoms with Crippen molar-refractivity contribution in [2.75, 3.05) is 13.2 Å². The summed E-state index contributed by atoms with van der Waals surface area (Å²) in [6.07, 6.45) is 23.8. The molecule has 6 N–H and O–H groups in total. The third kappa shape index (κ3) is 23.6. The van der Waals surface area contributed by atoms with Gasteiger partial charge in [-0.05, 0) is 38.5 Å². The van der Waals surface area contributed by atoms with Crippen LogP contribution in [0.25, 0.3) is 0 Å². The van der Waals surface area contributed by atoms with Crippen LogP contribution in [0.3, 0.4) is 0 Å². The van der Waals surface area contributed by atoms with Crippen molar-refractivity contribution in [3.05, 3.63) is 24.3 Å². The summed E-state index contributed by atoms with van der Waals surface area (Å²) in [5.74, 6) is -1.16. The van der Waals surface area contributed by atoms with Gasteiger partial charge < -0.3 is 45.1 Å². The number of aliphatic hydroxyl groups is 5. The highest BCUT2D eigenvalue weighted by Crippen LogP contribution is 2.23. The second kappa shape index (κ2) is 32.4. The van der Waals surface area contributed by atoms with E-state index in [1.807, 2.05) is 6.08 Å². The summed E-state index contributed by atoms with van der Waals surface area (Å²) < 4.78 is 16.5. The predicted molar refractivity (Wildman–Crippen MR) is 209 cm³/mol. The van der Waals surface area contributed by atoms with Crippen LogP contribution in [0.5, 0.6) is 0 Å². The molecule has 0 aromatic heterocycles. The van der Waals surface area contributed by atoms with Crippen LogP contribution in [0.1, 0.15) is 168 Å². The van der Waals surface area contributed by atoms with Crippen molar-refractivity contribution in [3.8, 4) is 0 Å². The molecule has 1 heterocycles. The number of esters is 1. The van der Waals surface area contributed by atoms with Gasteiger partial charge in [0.15, 0.2) is 12.4 Å². The monoisotopic (exact) mass is 756 g/mol. The molecule has 8 atom stereocenters. The van der Waals surface area contributed by atoms with Crippen LogP contribution in [-0.2, 0) is 23.8 Å². The van der Waals surface area contributed by atoms with Crippen molar-refractivity contribution in [2.24, 2.45) is 0 Å². The molecule has 53 heavy (non-hydrogen) atoms. The van der Waals surface area contributed by atoms with Crippen molar-refractivity contribution in [3.63, 3.8) is 0 Å². The van der Waals surface area contributed by atoms with E-state index in [0.717, 1.165) is 32.1 Å². The number of ether oxygens (including phenoxy) is 3. The van der Waals surface area contributed by atoms with Crippen LogP contribution in [0.4, 0.5) is 0 Å². The van der Waals surface area contributed by atoms with E-state index in [0.29, 0.717) is 19.3 Å². The van der Waals surface area contributed by atoms with Gasteiger partial charge >= 0.3 is 5.97 Å². The number of hydrogen-bond donors (Lipinski definition) is 6. The molecule has 1 amide bonds. The van der Waals surface area contributed by atoms with E-state index in [9.17, 15) is 35.1 Å². The van der Waals surface area contributed by atoms with Gasteiger partial charge in [-0.3, -0.25) is 9.59 Å². The van der Waals surface area contributed by atoms with Crippen LogP contribution in [0.15, 0.2) is 24.3 Å². The SMILES string of the molecule is CCCCCCCCC/C=C/CC/C=C/C(O)C(COC1OC(CO)C(O)C(O)C1O)NC(=O)C(CCCCCCCCCCCCCC)OC(C)=O. The van der Waals surface area contributed by atoms with Gasteiger partial charge in [-0.25, -0.2) is 0 Å². The third-order valence-corrected chi connectivity index (χ3v) is 9.92. The molecule has 0 radical (unpaired) electrons. The average Bonchev–Trinajstić information content (AvgIpc) is 3.14. The van der Waals surface area contributed by atoms with Gasteiger partial charge in [-0.2, -0.15) is 0 Å². The highest BCUT2D eigenvalue weighted by Gasteiger charge is 2.44.